The summed E-state index contributed by atoms with van der Waals surface area (Å²) in [5, 5.41) is 10.2. The van der Waals surface area contributed by atoms with Crippen molar-refractivity contribution in [2.75, 3.05) is 6.54 Å². The van der Waals surface area contributed by atoms with Crippen LogP contribution in [0.5, 0.6) is 0 Å². The van der Waals surface area contributed by atoms with E-state index in [4.69, 9.17) is 28.3 Å². The van der Waals surface area contributed by atoms with Crippen LogP contribution >= 0.6 is 23.2 Å². The zero-order valence-electron chi connectivity index (χ0n) is 9.36. The maximum Gasteiger partial charge on any atom is 0.320 e. The lowest BCUT2D eigenvalue weighted by Crippen LogP contribution is -2.53. The van der Waals surface area contributed by atoms with Crippen molar-refractivity contribution in [3.8, 4) is 0 Å². The van der Waals surface area contributed by atoms with E-state index in [1.165, 1.54) is 0 Å². The highest BCUT2D eigenvalue weighted by Gasteiger charge is 2.37. The summed E-state index contributed by atoms with van der Waals surface area (Å²) in [6.07, 6.45) is 0.699. The molecule has 1 aromatic rings. The fourth-order valence-electron chi connectivity index (χ4n) is 2.16. The SMILES string of the molecule is C[C@H](c1ccc(Cl)cc1Cl)N1CCC1C(=O)O. The van der Waals surface area contributed by atoms with Crippen LogP contribution in [0.1, 0.15) is 24.9 Å². The number of halogens is 2. The van der Waals surface area contributed by atoms with Crippen LogP contribution in [-0.2, 0) is 4.79 Å². The van der Waals surface area contributed by atoms with E-state index < -0.39 is 12.0 Å². The number of nitrogens with zero attached hydrogens (tertiary/aromatic N) is 1. The molecule has 0 aliphatic carbocycles. The molecule has 1 N–H and O–H groups in total. The van der Waals surface area contributed by atoms with Gasteiger partial charge in [0.05, 0.1) is 0 Å². The molecule has 1 aliphatic heterocycles. The third kappa shape index (κ3) is 2.41. The molecule has 0 amide bonds. The number of hydrogen-bond acceptors (Lipinski definition) is 2. The van der Waals surface area contributed by atoms with Gasteiger partial charge < -0.3 is 5.11 Å². The van der Waals surface area contributed by atoms with E-state index in [-0.39, 0.29) is 6.04 Å². The molecule has 17 heavy (non-hydrogen) atoms. The van der Waals surface area contributed by atoms with Crippen molar-refractivity contribution in [1.82, 2.24) is 4.90 Å². The Labute approximate surface area is 110 Å². The first-order valence-corrected chi connectivity index (χ1v) is 6.20. The van der Waals surface area contributed by atoms with Crippen molar-refractivity contribution in [3.05, 3.63) is 33.8 Å². The number of benzene rings is 1. The maximum absolute atomic E-state index is 11.0. The van der Waals surface area contributed by atoms with E-state index in [2.05, 4.69) is 0 Å². The Kier molecular flexibility index (Phi) is 3.61. The van der Waals surface area contributed by atoms with Gasteiger partial charge in [-0.15, -0.1) is 0 Å². The van der Waals surface area contributed by atoms with Crippen molar-refractivity contribution in [1.29, 1.82) is 0 Å². The van der Waals surface area contributed by atoms with E-state index in [9.17, 15) is 4.79 Å². The molecule has 1 fully saturated rings. The van der Waals surface area contributed by atoms with E-state index in [0.717, 1.165) is 12.1 Å². The minimum Gasteiger partial charge on any atom is -0.480 e. The normalized spacial score (nSPS) is 21.9. The van der Waals surface area contributed by atoms with Gasteiger partial charge in [0.25, 0.3) is 0 Å². The van der Waals surface area contributed by atoms with Gasteiger partial charge in [0, 0.05) is 22.6 Å². The van der Waals surface area contributed by atoms with E-state index in [0.29, 0.717) is 16.5 Å². The van der Waals surface area contributed by atoms with Crippen LogP contribution in [0.15, 0.2) is 18.2 Å². The second-order valence-electron chi connectivity index (χ2n) is 4.22. The summed E-state index contributed by atoms with van der Waals surface area (Å²) in [6.45, 7) is 2.75. The van der Waals surface area contributed by atoms with Crippen molar-refractivity contribution in [2.45, 2.75) is 25.4 Å². The molecule has 2 rings (SSSR count). The molecule has 0 radical (unpaired) electrons. The van der Waals surface area contributed by atoms with Gasteiger partial charge in [-0.2, -0.15) is 0 Å². The van der Waals surface area contributed by atoms with Gasteiger partial charge in [0.15, 0.2) is 0 Å². The number of carbonyl (C=O) groups is 1. The summed E-state index contributed by atoms with van der Waals surface area (Å²) in [6, 6.07) is 4.91. The number of hydrogen-bond donors (Lipinski definition) is 1. The highest BCUT2D eigenvalue weighted by Crippen LogP contribution is 2.34. The first kappa shape index (κ1) is 12.7. The summed E-state index contributed by atoms with van der Waals surface area (Å²) < 4.78 is 0. The Morgan fingerprint density at radius 2 is 2.24 bits per heavy atom. The molecule has 1 saturated heterocycles. The Morgan fingerprint density at radius 3 is 2.71 bits per heavy atom. The van der Waals surface area contributed by atoms with Gasteiger partial charge in [-0.3, -0.25) is 9.69 Å². The molecule has 0 aromatic heterocycles. The van der Waals surface area contributed by atoms with Crippen LogP contribution in [0.4, 0.5) is 0 Å². The molecule has 1 aromatic carbocycles. The molecular formula is C12H13Cl2NO2. The number of likely N-dealkylation sites (tertiary alicyclic amines) is 1. The molecule has 1 unspecified atom stereocenters. The van der Waals surface area contributed by atoms with Gasteiger partial charge in [-0.05, 0) is 31.0 Å². The molecule has 0 saturated carbocycles. The van der Waals surface area contributed by atoms with Gasteiger partial charge in [-0.25, -0.2) is 0 Å². The van der Waals surface area contributed by atoms with Crippen molar-refractivity contribution in [2.24, 2.45) is 0 Å². The molecule has 1 heterocycles. The van der Waals surface area contributed by atoms with Gasteiger partial charge in [0.1, 0.15) is 6.04 Å². The van der Waals surface area contributed by atoms with Crippen molar-refractivity contribution in [3.63, 3.8) is 0 Å². The van der Waals surface area contributed by atoms with Crippen LogP contribution in [0.3, 0.4) is 0 Å². The molecule has 5 heteroatoms. The molecule has 2 atom stereocenters. The Balaban J connectivity index is 2.20. The standard InChI is InChI=1S/C12H13Cl2NO2/c1-7(15-5-4-11(15)12(16)17)9-3-2-8(13)6-10(9)14/h2-3,6-7,11H,4-5H2,1H3,(H,16,17)/t7-,11?/m1/s1. The first-order chi connectivity index (χ1) is 8.00. The highest BCUT2D eigenvalue weighted by atomic mass is 35.5. The van der Waals surface area contributed by atoms with E-state index in [1.54, 1.807) is 12.1 Å². The largest absolute Gasteiger partial charge is 0.480 e. The van der Waals surface area contributed by atoms with Crippen molar-refractivity contribution < 1.29 is 9.90 Å². The molecular weight excluding hydrogens is 261 g/mol. The first-order valence-electron chi connectivity index (χ1n) is 5.44. The number of rotatable bonds is 3. The molecule has 92 valence electrons. The lowest BCUT2D eigenvalue weighted by Gasteiger charge is -2.42. The predicted molar refractivity (Wildman–Crippen MR) is 67.6 cm³/mol. The highest BCUT2D eigenvalue weighted by molar-refractivity contribution is 6.35. The van der Waals surface area contributed by atoms with E-state index >= 15 is 0 Å². The Morgan fingerprint density at radius 1 is 1.53 bits per heavy atom. The fourth-order valence-corrected chi connectivity index (χ4v) is 2.72. The maximum atomic E-state index is 11.0. The van der Waals surface area contributed by atoms with Gasteiger partial charge >= 0.3 is 5.97 Å². The summed E-state index contributed by atoms with van der Waals surface area (Å²) in [4.78, 5) is 12.9. The Hall–Kier alpha value is -0.770. The topological polar surface area (TPSA) is 40.5 Å². The average Bonchev–Trinajstić information content (AvgIpc) is 2.14. The quantitative estimate of drug-likeness (QED) is 0.920. The third-order valence-corrected chi connectivity index (χ3v) is 3.82. The summed E-state index contributed by atoms with van der Waals surface area (Å²) >= 11 is 12.0. The average molecular weight is 274 g/mol. The Bertz CT molecular complexity index is 450. The second-order valence-corrected chi connectivity index (χ2v) is 5.07. The van der Waals surface area contributed by atoms with Crippen LogP contribution in [0.25, 0.3) is 0 Å². The van der Waals surface area contributed by atoms with E-state index in [1.807, 2.05) is 17.9 Å². The number of aliphatic carboxylic acids is 1. The molecule has 3 nitrogen and oxygen atoms in total. The lowest BCUT2D eigenvalue weighted by atomic mass is 9.96. The van der Waals surface area contributed by atoms with Crippen LogP contribution in [0, 0.1) is 0 Å². The summed E-state index contributed by atoms with van der Waals surface area (Å²) in [5.41, 5.74) is 0.919. The second kappa shape index (κ2) is 4.84. The summed E-state index contributed by atoms with van der Waals surface area (Å²) in [5.74, 6) is -0.770. The molecule has 0 bridgehead atoms. The smallest absolute Gasteiger partial charge is 0.320 e. The number of carboxylic acids is 1. The number of carboxylic acid groups (broad SMARTS) is 1. The molecule has 1 aliphatic rings. The minimum absolute atomic E-state index is 0.00498. The van der Waals surface area contributed by atoms with Gasteiger partial charge in [0.2, 0.25) is 0 Å². The fraction of sp³-hybridized carbons (Fsp3) is 0.417. The monoisotopic (exact) mass is 273 g/mol. The van der Waals surface area contributed by atoms with Crippen LogP contribution in [0.2, 0.25) is 10.0 Å². The van der Waals surface area contributed by atoms with Crippen molar-refractivity contribution >= 4 is 29.2 Å². The minimum atomic E-state index is -0.770. The zero-order chi connectivity index (χ0) is 12.6. The molecule has 0 spiro atoms. The predicted octanol–water partition coefficient (Wildman–Crippen LogP) is 3.21. The van der Waals surface area contributed by atoms with Crippen LogP contribution < -0.4 is 0 Å². The zero-order valence-corrected chi connectivity index (χ0v) is 10.9. The van der Waals surface area contributed by atoms with Crippen LogP contribution in [-0.4, -0.2) is 28.6 Å². The van der Waals surface area contributed by atoms with Gasteiger partial charge in [-0.1, -0.05) is 29.3 Å². The lowest BCUT2D eigenvalue weighted by molar-refractivity contribution is -0.150. The third-order valence-electron chi connectivity index (χ3n) is 3.26. The summed E-state index contributed by atoms with van der Waals surface area (Å²) in [7, 11) is 0.